The van der Waals surface area contributed by atoms with Crippen LogP contribution in [0.4, 0.5) is 5.69 Å². The lowest BCUT2D eigenvalue weighted by molar-refractivity contribution is -0.384. The van der Waals surface area contributed by atoms with Crippen molar-refractivity contribution >= 4 is 17.6 Å². The van der Waals surface area contributed by atoms with Crippen LogP contribution in [0.25, 0.3) is 0 Å². The first-order chi connectivity index (χ1) is 9.28. The van der Waals surface area contributed by atoms with E-state index in [1.165, 1.54) is 32.0 Å². The number of carbonyl (C=O) groups excluding carboxylic acids is 2. The van der Waals surface area contributed by atoms with E-state index in [-0.39, 0.29) is 12.1 Å². The van der Waals surface area contributed by atoms with Crippen LogP contribution in [-0.2, 0) is 25.5 Å². The van der Waals surface area contributed by atoms with E-state index in [9.17, 15) is 19.7 Å². The lowest BCUT2D eigenvalue weighted by atomic mass is 9.98. The zero-order chi connectivity index (χ0) is 14.9. The summed E-state index contributed by atoms with van der Waals surface area (Å²) >= 11 is 0. The SMILES string of the molecule is CC1(C)OC(=O)C(Cc2cccc([N+](=O)[O-])c2)C(=O)O1. The molecular formula is C13H13NO6. The van der Waals surface area contributed by atoms with Crippen LogP contribution in [0, 0.1) is 16.0 Å². The van der Waals surface area contributed by atoms with E-state index in [2.05, 4.69) is 0 Å². The molecule has 0 atom stereocenters. The van der Waals surface area contributed by atoms with Crippen LogP contribution in [0.5, 0.6) is 0 Å². The van der Waals surface area contributed by atoms with Gasteiger partial charge in [0.2, 0.25) is 0 Å². The highest BCUT2D eigenvalue weighted by Crippen LogP contribution is 2.26. The molecule has 1 heterocycles. The first kappa shape index (κ1) is 14.0. The van der Waals surface area contributed by atoms with Gasteiger partial charge in [0, 0.05) is 26.0 Å². The molecule has 1 fully saturated rings. The maximum atomic E-state index is 11.8. The Balaban J connectivity index is 2.18. The minimum absolute atomic E-state index is 0.00935. The Morgan fingerprint density at radius 2 is 1.85 bits per heavy atom. The maximum absolute atomic E-state index is 11.8. The standard InChI is InChI=1S/C13H13NO6/c1-13(2)19-11(15)10(12(16)20-13)7-8-4-3-5-9(6-8)14(17)18/h3-6,10H,7H2,1-2H3. The van der Waals surface area contributed by atoms with Gasteiger partial charge in [-0.15, -0.1) is 0 Å². The maximum Gasteiger partial charge on any atom is 0.323 e. The molecule has 20 heavy (non-hydrogen) atoms. The number of nitrogens with zero attached hydrogens (tertiary/aromatic N) is 1. The highest BCUT2D eigenvalue weighted by molar-refractivity contribution is 5.96. The summed E-state index contributed by atoms with van der Waals surface area (Å²) in [4.78, 5) is 33.7. The fourth-order valence-electron chi connectivity index (χ4n) is 1.94. The van der Waals surface area contributed by atoms with Crippen molar-refractivity contribution < 1.29 is 24.0 Å². The fraction of sp³-hybridized carbons (Fsp3) is 0.385. The molecule has 0 N–H and O–H groups in total. The van der Waals surface area contributed by atoms with Crippen molar-refractivity contribution in [2.45, 2.75) is 26.1 Å². The van der Waals surface area contributed by atoms with E-state index in [0.717, 1.165) is 0 Å². The van der Waals surface area contributed by atoms with Crippen LogP contribution < -0.4 is 0 Å². The number of esters is 2. The Bertz CT molecular complexity index is 560. The van der Waals surface area contributed by atoms with E-state index in [1.54, 1.807) is 6.07 Å². The summed E-state index contributed by atoms with van der Waals surface area (Å²) < 4.78 is 9.98. The molecule has 0 spiro atoms. The van der Waals surface area contributed by atoms with Gasteiger partial charge in [0.25, 0.3) is 11.5 Å². The molecular weight excluding hydrogens is 266 g/mol. The third-order valence-corrected chi connectivity index (χ3v) is 2.82. The van der Waals surface area contributed by atoms with Crippen molar-refractivity contribution in [2.75, 3.05) is 0 Å². The molecule has 1 aliphatic rings. The molecule has 1 saturated heterocycles. The van der Waals surface area contributed by atoms with E-state index in [1.807, 2.05) is 0 Å². The lowest BCUT2D eigenvalue weighted by Crippen LogP contribution is -2.46. The Labute approximate surface area is 114 Å². The number of non-ortho nitro benzene ring substituents is 1. The van der Waals surface area contributed by atoms with Crippen LogP contribution >= 0.6 is 0 Å². The van der Waals surface area contributed by atoms with Crippen molar-refractivity contribution in [2.24, 2.45) is 5.92 Å². The van der Waals surface area contributed by atoms with Gasteiger partial charge in [-0.25, -0.2) is 0 Å². The molecule has 0 unspecified atom stereocenters. The van der Waals surface area contributed by atoms with E-state index < -0.39 is 28.6 Å². The summed E-state index contributed by atoms with van der Waals surface area (Å²) in [6, 6.07) is 5.76. The van der Waals surface area contributed by atoms with Crippen molar-refractivity contribution in [1.29, 1.82) is 0 Å². The number of nitro benzene ring substituents is 1. The van der Waals surface area contributed by atoms with Crippen LogP contribution in [0.1, 0.15) is 19.4 Å². The van der Waals surface area contributed by atoms with Crippen molar-refractivity contribution in [1.82, 2.24) is 0 Å². The summed E-state index contributed by atoms with van der Waals surface area (Å²) in [6.45, 7) is 2.93. The Morgan fingerprint density at radius 1 is 1.25 bits per heavy atom. The second kappa shape index (κ2) is 4.92. The summed E-state index contributed by atoms with van der Waals surface area (Å²) in [6.07, 6.45) is 0.00935. The Kier molecular flexibility index (Phi) is 3.44. The summed E-state index contributed by atoms with van der Waals surface area (Å²) in [5.41, 5.74) is 0.401. The Morgan fingerprint density at radius 3 is 2.40 bits per heavy atom. The number of hydrogen-bond acceptors (Lipinski definition) is 6. The minimum Gasteiger partial charge on any atom is -0.422 e. The van der Waals surface area contributed by atoms with Gasteiger partial charge in [-0.3, -0.25) is 19.7 Å². The molecule has 1 aliphatic heterocycles. The molecule has 0 aliphatic carbocycles. The minimum atomic E-state index is -1.27. The third kappa shape index (κ3) is 2.93. The molecule has 0 amide bonds. The number of rotatable bonds is 3. The third-order valence-electron chi connectivity index (χ3n) is 2.82. The lowest BCUT2D eigenvalue weighted by Gasteiger charge is -2.32. The van der Waals surface area contributed by atoms with Gasteiger partial charge >= 0.3 is 11.9 Å². The van der Waals surface area contributed by atoms with Gasteiger partial charge in [0.05, 0.1) is 4.92 Å². The summed E-state index contributed by atoms with van der Waals surface area (Å²) in [7, 11) is 0. The highest BCUT2D eigenvalue weighted by atomic mass is 16.7. The fourth-order valence-corrected chi connectivity index (χ4v) is 1.94. The number of carbonyl (C=O) groups is 2. The molecule has 0 aromatic heterocycles. The second-order valence-electron chi connectivity index (χ2n) is 4.93. The first-order valence-electron chi connectivity index (χ1n) is 5.97. The first-order valence-corrected chi connectivity index (χ1v) is 5.97. The number of benzene rings is 1. The molecule has 2 rings (SSSR count). The molecule has 0 bridgehead atoms. The molecule has 1 aromatic rings. The van der Waals surface area contributed by atoms with Gasteiger partial charge < -0.3 is 9.47 Å². The van der Waals surface area contributed by atoms with Crippen LogP contribution in [-0.4, -0.2) is 22.6 Å². The molecule has 1 aromatic carbocycles. The van der Waals surface area contributed by atoms with Gasteiger partial charge in [0.1, 0.15) is 0 Å². The number of nitro groups is 1. The van der Waals surface area contributed by atoms with Gasteiger partial charge in [0.15, 0.2) is 5.92 Å². The van der Waals surface area contributed by atoms with Crippen molar-refractivity contribution in [3.05, 3.63) is 39.9 Å². The van der Waals surface area contributed by atoms with Crippen LogP contribution in [0.15, 0.2) is 24.3 Å². The zero-order valence-corrected chi connectivity index (χ0v) is 11.0. The molecule has 7 heteroatoms. The smallest absolute Gasteiger partial charge is 0.323 e. The zero-order valence-electron chi connectivity index (χ0n) is 11.0. The largest absolute Gasteiger partial charge is 0.422 e. The summed E-state index contributed by atoms with van der Waals surface area (Å²) in [5, 5.41) is 10.7. The monoisotopic (exact) mass is 279 g/mol. The molecule has 106 valence electrons. The van der Waals surface area contributed by atoms with Gasteiger partial charge in [-0.2, -0.15) is 0 Å². The van der Waals surface area contributed by atoms with E-state index >= 15 is 0 Å². The number of cyclic esters (lactones) is 2. The van der Waals surface area contributed by atoms with E-state index in [4.69, 9.17) is 9.47 Å². The predicted molar refractivity (Wildman–Crippen MR) is 66.6 cm³/mol. The average molecular weight is 279 g/mol. The molecule has 7 nitrogen and oxygen atoms in total. The van der Waals surface area contributed by atoms with Gasteiger partial charge in [-0.05, 0) is 12.0 Å². The molecule has 0 radical (unpaired) electrons. The van der Waals surface area contributed by atoms with Gasteiger partial charge in [-0.1, -0.05) is 12.1 Å². The van der Waals surface area contributed by atoms with Crippen LogP contribution in [0.3, 0.4) is 0 Å². The quantitative estimate of drug-likeness (QED) is 0.361. The van der Waals surface area contributed by atoms with Crippen molar-refractivity contribution in [3.63, 3.8) is 0 Å². The molecule has 0 saturated carbocycles. The van der Waals surface area contributed by atoms with Crippen LogP contribution in [0.2, 0.25) is 0 Å². The Hall–Kier alpha value is -2.44. The topological polar surface area (TPSA) is 95.7 Å². The van der Waals surface area contributed by atoms with E-state index in [0.29, 0.717) is 5.56 Å². The van der Waals surface area contributed by atoms with Crippen molar-refractivity contribution in [3.8, 4) is 0 Å². The number of hydrogen-bond donors (Lipinski definition) is 0. The average Bonchev–Trinajstić information content (AvgIpc) is 2.33. The normalized spacial score (nSPS) is 18.3. The predicted octanol–water partition coefficient (Wildman–Crippen LogP) is 1.59. The summed E-state index contributed by atoms with van der Waals surface area (Å²) in [5.74, 6) is -3.73. The highest BCUT2D eigenvalue weighted by Gasteiger charge is 2.43. The number of ether oxygens (including phenoxy) is 2. The second-order valence-corrected chi connectivity index (χ2v) is 4.93.